The fraction of sp³-hybridized carbons (Fsp3) is 0.647. The lowest BCUT2D eigenvalue weighted by Crippen LogP contribution is -2.50. The quantitative estimate of drug-likeness (QED) is 0.505. The molecule has 0 saturated carbocycles. The number of likely N-dealkylation sites (N-methyl/N-ethyl adjacent to an activating group) is 1. The van der Waals surface area contributed by atoms with Crippen molar-refractivity contribution < 1.29 is 13.2 Å². The zero-order valence-electron chi connectivity index (χ0n) is 16.1. The smallest absolute Gasteiger partial charge is 0.243 e. The third kappa shape index (κ3) is 6.78. The van der Waals surface area contributed by atoms with E-state index in [0.29, 0.717) is 38.4 Å². The van der Waals surface area contributed by atoms with Crippen molar-refractivity contribution in [1.82, 2.24) is 19.8 Å². The van der Waals surface area contributed by atoms with Crippen LogP contribution in [0, 0.1) is 0 Å². The molecule has 2 rings (SSSR count). The first-order valence-corrected chi connectivity index (χ1v) is 11.6. The Morgan fingerprint density at radius 3 is 2.63 bits per heavy atom. The topological polar surface area (TPSA) is 94.1 Å². The third-order valence-corrected chi connectivity index (χ3v) is 7.19. The zero-order chi connectivity index (χ0) is 19.9. The second-order valence-corrected chi connectivity index (χ2v) is 9.89. The highest BCUT2D eigenvalue weighted by Gasteiger charge is 2.27. The van der Waals surface area contributed by atoms with Crippen molar-refractivity contribution in [3.05, 3.63) is 22.4 Å². The molecule has 1 saturated heterocycles. The molecule has 2 N–H and O–H groups in total. The number of nitrogens with zero attached hydrogens (tertiary/aromatic N) is 3. The third-order valence-electron chi connectivity index (χ3n) is 4.43. The number of rotatable bonds is 7. The monoisotopic (exact) mass is 415 g/mol. The number of hydrogen-bond donors (Lipinski definition) is 2. The molecule has 1 aromatic heterocycles. The van der Waals surface area contributed by atoms with Crippen LogP contribution in [0.15, 0.2) is 22.5 Å². The summed E-state index contributed by atoms with van der Waals surface area (Å²) in [5.74, 6) is 0.638. The van der Waals surface area contributed by atoms with Crippen LogP contribution in [0.5, 0.6) is 0 Å². The summed E-state index contributed by atoms with van der Waals surface area (Å²) >= 11 is 1.65. The minimum absolute atomic E-state index is 0.0653. The average Bonchev–Trinajstić information content (AvgIpc) is 3.17. The molecule has 0 aromatic carbocycles. The highest BCUT2D eigenvalue weighted by molar-refractivity contribution is 7.89. The number of aliphatic imine (C=N–C) groups is 1. The molecule has 2 heterocycles. The van der Waals surface area contributed by atoms with Gasteiger partial charge in [0.2, 0.25) is 15.9 Å². The summed E-state index contributed by atoms with van der Waals surface area (Å²) in [4.78, 5) is 18.9. The molecule has 152 valence electrons. The molecule has 1 aliphatic heterocycles. The highest BCUT2D eigenvalue weighted by atomic mass is 32.2. The van der Waals surface area contributed by atoms with Crippen molar-refractivity contribution in [3.63, 3.8) is 0 Å². The lowest BCUT2D eigenvalue weighted by Gasteiger charge is -2.32. The van der Waals surface area contributed by atoms with Gasteiger partial charge in [-0.2, -0.15) is 0 Å². The Kier molecular flexibility index (Phi) is 8.06. The fourth-order valence-corrected chi connectivity index (χ4v) is 4.46. The molecule has 1 aromatic rings. The second kappa shape index (κ2) is 10.0. The Hall–Kier alpha value is -1.65. The molecule has 1 fully saturated rings. The number of sulfonamides is 1. The Morgan fingerprint density at radius 1 is 1.37 bits per heavy atom. The van der Waals surface area contributed by atoms with Crippen molar-refractivity contribution in [2.75, 3.05) is 39.5 Å². The van der Waals surface area contributed by atoms with Crippen LogP contribution >= 0.6 is 11.3 Å². The first-order valence-electron chi connectivity index (χ1n) is 9.07. The van der Waals surface area contributed by atoms with Gasteiger partial charge in [0.05, 0.1) is 12.3 Å². The normalized spacial score (nSPS) is 16.9. The number of amides is 1. The van der Waals surface area contributed by atoms with Gasteiger partial charge in [-0.05, 0) is 31.2 Å². The lowest BCUT2D eigenvalue weighted by atomic mass is 10.1. The number of thiophene rings is 1. The van der Waals surface area contributed by atoms with E-state index in [9.17, 15) is 13.2 Å². The number of guanidine groups is 1. The van der Waals surface area contributed by atoms with Crippen molar-refractivity contribution in [3.8, 4) is 0 Å². The number of nitrogens with one attached hydrogen (secondary N) is 2. The van der Waals surface area contributed by atoms with Crippen LogP contribution in [0.4, 0.5) is 0 Å². The summed E-state index contributed by atoms with van der Waals surface area (Å²) in [5.41, 5.74) is 0. The van der Waals surface area contributed by atoms with Crippen LogP contribution in [-0.4, -0.2) is 75.0 Å². The van der Waals surface area contributed by atoms with Crippen molar-refractivity contribution >= 4 is 33.2 Å². The molecule has 1 aliphatic rings. The number of hydrogen-bond acceptors (Lipinski definition) is 5. The summed E-state index contributed by atoms with van der Waals surface area (Å²) in [6.07, 6.45) is 1.42. The van der Waals surface area contributed by atoms with Gasteiger partial charge < -0.3 is 15.5 Å². The first kappa shape index (κ1) is 21.6. The average molecular weight is 416 g/mol. The van der Waals surface area contributed by atoms with Gasteiger partial charge in [0.15, 0.2) is 5.96 Å². The highest BCUT2D eigenvalue weighted by Crippen LogP contribution is 2.14. The SMILES string of the molecule is CCS(=O)(=O)N1CCC(NC(=NCC(=O)N(C)C)NCc2cccs2)CC1. The van der Waals surface area contributed by atoms with E-state index in [-0.39, 0.29) is 24.2 Å². The Labute approximate surface area is 165 Å². The van der Waals surface area contributed by atoms with Crippen LogP contribution in [-0.2, 0) is 21.4 Å². The Balaban J connectivity index is 1.95. The lowest BCUT2D eigenvalue weighted by molar-refractivity contribution is -0.127. The van der Waals surface area contributed by atoms with Gasteiger partial charge in [-0.25, -0.2) is 17.7 Å². The summed E-state index contributed by atoms with van der Waals surface area (Å²) < 4.78 is 25.5. The van der Waals surface area contributed by atoms with Crippen LogP contribution in [0.25, 0.3) is 0 Å². The number of carbonyl (C=O) groups excluding carboxylic acids is 1. The van der Waals surface area contributed by atoms with Gasteiger partial charge >= 0.3 is 0 Å². The van der Waals surface area contributed by atoms with Gasteiger partial charge in [0.1, 0.15) is 6.54 Å². The predicted molar refractivity (Wildman–Crippen MR) is 109 cm³/mol. The molecule has 27 heavy (non-hydrogen) atoms. The molecule has 8 nitrogen and oxygen atoms in total. The van der Waals surface area contributed by atoms with E-state index in [2.05, 4.69) is 15.6 Å². The maximum atomic E-state index is 12.0. The molecule has 0 bridgehead atoms. The van der Waals surface area contributed by atoms with Gasteiger partial charge in [0, 0.05) is 38.1 Å². The largest absolute Gasteiger partial charge is 0.354 e. The van der Waals surface area contributed by atoms with E-state index in [1.165, 1.54) is 9.78 Å². The van der Waals surface area contributed by atoms with E-state index >= 15 is 0 Å². The maximum Gasteiger partial charge on any atom is 0.243 e. The van der Waals surface area contributed by atoms with E-state index in [1.54, 1.807) is 36.7 Å². The van der Waals surface area contributed by atoms with E-state index < -0.39 is 10.0 Å². The summed E-state index contributed by atoms with van der Waals surface area (Å²) in [5, 5.41) is 8.63. The van der Waals surface area contributed by atoms with Crippen LogP contribution in [0.1, 0.15) is 24.6 Å². The second-order valence-electron chi connectivity index (χ2n) is 6.60. The van der Waals surface area contributed by atoms with Crippen LogP contribution < -0.4 is 10.6 Å². The molecule has 10 heteroatoms. The van der Waals surface area contributed by atoms with Crippen molar-refractivity contribution in [2.45, 2.75) is 32.4 Å². The van der Waals surface area contributed by atoms with E-state index in [0.717, 1.165) is 0 Å². The Bertz CT molecular complexity index is 724. The zero-order valence-corrected chi connectivity index (χ0v) is 17.8. The first-order chi connectivity index (χ1) is 12.8. The van der Waals surface area contributed by atoms with Crippen LogP contribution in [0.3, 0.4) is 0 Å². The summed E-state index contributed by atoms with van der Waals surface area (Å²) in [6.45, 7) is 3.37. The van der Waals surface area contributed by atoms with E-state index in [4.69, 9.17) is 0 Å². The molecular weight excluding hydrogens is 386 g/mol. The predicted octanol–water partition coefficient (Wildman–Crippen LogP) is 0.686. The maximum absolute atomic E-state index is 12.0. The number of carbonyl (C=O) groups is 1. The minimum atomic E-state index is -3.13. The molecule has 0 aliphatic carbocycles. The van der Waals surface area contributed by atoms with E-state index in [1.807, 2.05) is 17.5 Å². The molecular formula is C17H29N5O3S2. The van der Waals surface area contributed by atoms with Crippen molar-refractivity contribution in [1.29, 1.82) is 0 Å². The van der Waals surface area contributed by atoms with Gasteiger partial charge in [-0.15, -0.1) is 11.3 Å². The summed E-state index contributed by atoms with van der Waals surface area (Å²) in [6, 6.07) is 4.15. The van der Waals surface area contributed by atoms with Crippen LogP contribution in [0.2, 0.25) is 0 Å². The Morgan fingerprint density at radius 2 is 2.07 bits per heavy atom. The van der Waals surface area contributed by atoms with Gasteiger partial charge in [0.25, 0.3) is 0 Å². The summed E-state index contributed by atoms with van der Waals surface area (Å²) in [7, 11) is 0.272. The fourth-order valence-electron chi connectivity index (χ4n) is 2.68. The van der Waals surface area contributed by atoms with Gasteiger partial charge in [-0.1, -0.05) is 6.07 Å². The minimum Gasteiger partial charge on any atom is -0.354 e. The van der Waals surface area contributed by atoms with Crippen molar-refractivity contribution in [2.24, 2.45) is 4.99 Å². The standard InChI is InChI=1S/C17H29N5O3S2/c1-4-27(24,25)22-9-7-14(8-10-22)20-17(19-13-16(23)21(2)3)18-12-15-6-5-11-26-15/h5-6,11,14H,4,7-10,12-13H2,1-3H3,(H2,18,19,20). The van der Waals surface area contributed by atoms with Gasteiger partial charge in [-0.3, -0.25) is 4.79 Å². The molecule has 1 amide bonds. The molecule has 0 spiro atoms. The molecule has 0 atom stereocenters. The number of piperidine rings is 1. The molecule has 0 unspecified atom stereocenters. The molecule has 0 radical (unpaired) electrons.